The molecule has 3 nitrogen and oxygen atoms in total. The summed E-state index contributed by atoms with van der Waals surface area (Å²) in [5.41, 5.74) is 1.06. The van der Waals surface area contributed by atoms with E-state index in [4.69, 9.17) is 16.9 Å². The highest BCUT2D eigenvalue weighted by molar-refractivity contribution is 9.10. The Morgan fingerprint density at radius 1 is 1.67 bits per heavy atom. The molecule has 0 spiro atoms. The van der Waals surface area contributed by atoms with E-state index in [2.05, 4.69) is 20.7 Å². The van der Waals surface area contributed by atoms with E-state index < -0.39 is 0 Å². The van der Waals surface area contributed by atoms with Crippen molar-refractivity contribution in [3.63, 3.8) is 0 Å². The molecule has 0 N–H and O–H groups in total. The van der Waals surface area contributed by atoms with Crippen LogP contribution in [0.3, 0.4) is 0 Å². The van der Waals surface area contributed by atoms with Gasteiger partial charge in [-0.15, -0.1) is 0 Å². The number of hydrogen-bond donors (Lipinski definition) is 0. The first kappa shape index (κ1) is 12.0. The fourth-order valence-corrected chi connectivity index (χ4v) is 1.67. The fourth-order valence-electron chi connectivity index (χ4n) is 1.07. The largest absolute Gasteiger partial charge is 0.469 e. The lowest BCUT2D eigenvalue weighted by molar-refractivity contribution is -0.139. The van der Waals surface area contributed by atoms with Crippen molar-refractivity contribution < 1.29 is 9.53 Å². The predicted molar refractivity (Wildman–Crippen MR) is 59.6 cm³/mol. The number of halogens is 2. The van der Waals surface area contributed by atoms with Crippen molar-refractivity contribution in [2.75, 3.05) is 7.11 Å². The third-order valence-corrected chi connectivity index (χ3v) is 3.26. The van der Waals surface area contributed by atoms with Gasteiger partial charge in [0.05, 0.1) is 30.2 Å². The average Bonchev–Trinajstić information content (AvgIpc) is 2.24. The van der Waals surface area contributed by atoms with E-state index in [-0.39, 0.29) is 12.4 Å². The Bertz CT molecular complexity index is 440. The first-order valence-electron chi connectivity index (χ1n) is 4.03. The molecule has 0 bridgehead atoms. The standard InChI is InChI=1S/C10H7BrClNO2/c1-15-9(14)4-7-2-6(5-13)3-8(12)10(7)11/h2-3H,4H2,1H3. The van der Waals surface area contributed by atoms with Gasteiger partial charge in [-0.25, -0.2) is 0 Å². The first-order chi connectivity index (χ1) is 7.08. The van der Waals surface area contributed by atoms with Crippen molar-refractivity contribution in [1.82, 2.24) is 0 Å². The monoisotopic (exact) mass is 287 g/mol. The fraction of sp³-hybridized carbons (Fsp3) is 0.200. The summed E-state index contributed by atoms with van der Waals surface area (Å²) in [4.78, 5) is 11.1. The molecule has 5 heteroatoms. The second kappa shape index (κ2) is 5.15. The SMILES string of the molecule is COC(=O)Cc1cc(C#N)cc(Cl)c1Br. The number of benzene rings is 1. The zero-order valence-electron chi connectivity index (χ0n) is 7.88. The first-order valence-corrected chi connectivity index (χ1v) is 5.20. The summed E-state index contributed by atoms with van der Waals surface area (Å²) in [6, 6.07) is 5.11. The van der Waals surface area contributed by atoms with Crippen LogP contribution in [0.4, 0.5) is 0 Å². The lowest BCUT2D eigenvalue weighted by Gasteiger charge is -2.05. The number of methoxy groups -OCH3 is 1. The molecule has 1 aromatic carbocycles. The molecule has 1 rings (SSSR count). The van der Waals surface area contributed by atoms with E-state index in [0.717, 1.165) is 0 Å². The highest BCUT2D eigenvalue weighted by Crippen LogP contribution is 2.28. The van der Waals surface area contributed by atoms with Crippen LogP contribution in [0.25, 0.3) is 0 Å². The summed E-state index contributed by atoms with van der Waals surface area (Å²) in [6.07, 6.45) is 0.0896. The van der Waals surface area contributed by atoms with E-state index in [0.29, 0.717) is 20.6 Å². The van der Waals surface area contributed by atoms with Gasteiger partial charge in [-0.1, -0.05) is 11.6 Å². The Balaban J connectivity index is 3.12. The van der Waals surface area contributed by atoms with Gasteiger partial charge in [-0.05, 0) is 33.6 Å². The average molecular weight is 289 g/mol. The van der Waals surface area contributed by atoms with Crippen LogP contribution in [0.5, 0.6) is 0 Å². The van der Waals surface area contributed by atoms with Gasteiger partial charge >= 0.3 is 5.97 Å². The number of carbonyl (C=O) groups excluding carboxylic acids is 1. The number of carbonyl (C=O) groups is 1. The molecule has 0 heterocycles. The summed E-state index contributed by atoms with van der Waals surface area (Å²) in [5, 5.41) is 9.14. The van der Waals surface area contributed by atoms with Gasteiger partial charge in [0, 0.05) is 4.47 Å². The molecule has 0 saturated carbocycles. The molecule has 0 amide bonds. The van der Waals surface area contributed by atoms with Gasteiger partial charge < -0.3 is 4.74 Å². The minimum atomic E-state index is -0.373. The van der Waals surface area contributed by atoms with Crippen molar-refractivity contribution in [1.29, 1.82) is 5.26 Å². The molecule has 0 aliphatic rings. The van der Waals surface area contributed by atoms with Crippen LogP contribution in [0.1, 0.15) is 11.1 Å². The quantitative estimate of drug-likeness (QED) is 0.786. The molecular weight excluding hydrogens is 281 g/mol. The maximum atomic E-state index is 11.1. The second-order valence-electron chi connectivity index (χ2n) is 2.80. The van der Waals surface area contributed by atoms with Gasteiger partial charge in [-0.2, -0.15) is 5.26 Å². The third kappa shape index (κ3) is 2.95. The summed E-state index contributed by atoms with van der Waals surface area (Å²) in [5.74, 6) is -0.373. The summed E-state index contributed by atoms with van der Waals surface area (Å²) in [7, 11) is 1.31. The number of nitriles is 1. The van der Waals surface area contributed by atoms with Crippen LogP contribution < -0.4 is 0 Å². The van der Waals surface area contributed by atoms with Crippen LogP contribution in [-0.4, -0.2) is 13.1 Å². The van der Waals surface area contributed by atoms with Crippen LogP contribution >= 0.6 is 27.5 Å². The number of rotatable bonds is 2. The van der Waals surface area contributed by atoms with Crippen molar-refractivity contribution in [2.45, 2.75) is 6.42 Å². The molecule has 15 heavy (non-hydrogen) atoms. The maximum Gasteiger partial charge on any atom is 0.310 e. The second-order valence-corrected chi connectivity index (χ2v) is 4.00. The minimum Gasteiger partial charge on any atom is -0.469 e. The van der Waals surface area contributed by atoms with Gasteiger partial charge in [0.25, 0.3) is 0 Å². The molecular formula is C10H7BrClNO2. The van der Waals surface area contributed by atoms with Crippen molar-refractivity contribution in [3.05, 3.63) is 32.8 Å². The molecule has 0 atom stereocenters. The Labute approximate surface area is 101 Å². The van der Waals surface area contributed by atoms with Crippen molar-refractivity contribution >= 4 is 33.5 Å². The highest BCUT2D eigenvalue weighted by Gasteiger charge is 2.11. The number of nitrogens with zero attached hydrogens (tertiary/aromatic N) is 1. The Morgan fingerprint density at radius 3 is 2.87 bits per heavy atom. The van der Waals surface area contributed by atoms with E-state index in [1.807, 2.05) is 6.07 Å². The number of ether oxygens (including phenoxy) is 1. The van der Waals surface area contributed by atoms with Crippen LogP contribution in [-0.2, 0) is 16.0 Å². The van der Waals surface area contributed by atoms with Gasteiger partial charge in [0.15, 0.2) is 0 Å². The van der Waals surface area contributed by atoms with Gasteiger partial charge in [0.1, 0.15) is 0 Å². The smallest absolute Gasteiger partial charge is 0.310 e. The summed E-state index contributed by atoms with van der Waals surface area (Å²) in [6.45, 7) is 0. The van der Waals surface area contributed by atoms with Crippen LogP contribution in [0.15, 0.2) is 16.6 Å². The maximum absolute atomic E-state index is 11.1. The van der Waals surface area contributed by atoms with Crippen molar-refractivity contribution in [2.24, 2.45) is 0 Å². The molecule has 0 aliphatic carbocycles. The third-order valence-electron chi connectivity index (χ3n) is 1.80. The number of esters is 1. The number of hydrogen-bond acceptors (Lipinski definition) is 3. The molecule has 0 radical (unpaired) electrons. The van der Waals surface area contributed by atoms with Gasteiger partial charge in [-0.3, -0.25) is 4.79 Å². The van der Waals surface area contributed by atoms with E-state index in [1.165, 1.54) is 13.2 Å². The lowest BCUT2D eigenvalue weighted by atomic mass is 10.1. The zero-order valence-corrected chi connectivity index (χ0v) is 10.2. The molecule has 0 aromatic heterocycles. The molecule has 78 valence electrons. The lowest BCUT2D eigenvalue weighted by Crippen LogP contribution is -2.05. The van der Waals surface area contributed by atoms with Crippen LogP contribution in [0, 0.1) is 11.3 Å². The van der Waals surface area contributed by atoms with Gasteiger partial charge in [0.2, 0.25) is 0 Å². The molecule has 0 aliphatic heterocycles. The predicted octanol–water partition coefficient (Wildman–Crippen LogP) is 2.69. The summed E-state index contributed by atoms with van der Waals surface area (Å²) < 4.78 is 5.16. The molecule has 0 unspecified atom stereocenters. The Morgan fingerprint density at radius 2 is 2.33 bits per heavy atom. The molecule has 0 fully saturated rings. The summed E-state index contributed by atoms with van der Waals surface area (Å²) >= 11 is 9.13. The minimum absolute atomic E-state index is 0.0896. The molecule has 0 saturated heterocycles. The van der Waals surface area contributed by atoms with Crippen LogP contribution in [0.2, 0.25) is 5.02 Å². The zero-order chi connectivity index (χ0) is 11.4. The Hall–Kier alpha value is -1.05. The highest BCUT2D eigenvalue weighted by atomic mass is 79.9. The van der Waals surface area contributed by atoms with E-state index >= 15 is 0 Å². The topological polar surface area (TPSA) is 50.1 Å². The van der Waals surface area contributed by atoms with Crippen molar-refractivity contribution in [3.8, 4) is 6.07 Å². The normalized spacial score (nSPS) is 9.47. The Kier molecular flexibility index (Phi) is 4.13. The van der Waals surface area contributed by atoms with E-state index in [9.17, 15) is 4.79 Å². The molecule has 1 aromatic rings. The van der Waals surface area contributed by atoms with E-state index in [1.54, 1.807) is 6.07 Å².